The normalized spacial score (nSPS) is 16.9. The third-order valence-corrected chi connectivity index (χ3v) is 5.55. The van der Waals surface area contributed by atoms with E-state index in [4.69, 9.17) is 0 Å². The van der Waals surface area contributed by atoms with Crippen molar-refractivity contribution in [3.63, 3.8) is 0 Å². The summed E-state index contributed by atoms with van der Waals surface area (Å²) in [6.45, 7) is 6.71. The fraction of sp³-hybridized carbons (Fsp3) is 0.333. The molecule has 0 bridgehead atoms. The van der Waals surface area contributed by atoms with Crippen LogP contribution in [0.25, 0.3) is 11.1 Å². The largest absolute Gasteiger partial charge is 0.338 e. The van der Waals surface area contributed by atoms with Crippen LogP contribution < -0.4 is 0 Å². The van der Waals surface area contributed by atoms with Crippen LogP contribution in [-0.4, -0.2) is 33.4 Å². The van der Waals surface area contributed by atoms with Crippen LogP contribution in [-0.2, 0) is 6.54 Å². The molecule has 144 valence electrons. The molecular formula is C24H27N3O. The smallest absolute Gasteiger partial charge is 0.270 e. The summed E-state index contributed by atoms with van der Waals surface area (Å²) < 4.78 is 2.10. The molecule has 0 radical (unpaired) electrons. The van der Waals surface area contributed by atoms with E-state index in [1.165, 1.54) is 17.5 Å². The first-order chi connectivity index (χ1) is 13.6. The predicted molar refractivity (Wildman–Crippen MR) is 112 cm³/mol. The van der Waals surface area contributed by atoms with E-state index < -0.39 is 0 Å². The van der Waals surface area contributed by atoms with Gasteiger partial charge in [-0.05, 0) is 55.0 Å². The van der Waals surface area contributed by atoms with Crippen molar-refractivity contribution in [2.24, 2.45) is 5.92 Å². The number of likely N-dealkylation sites (tertiary alicyclic amines) is 1. The van der Waals surface area contributed by atoms with Gasteiger partial charge in [0.25, 0.3) is 5.91 Å². The zero-order valence-electron chi connectivity index (χ0n) is 16.6. The highest BCUT2D eigenvalue weighted by molar-refractivity contribution is 5.94. The van der Waals surface area contributed by atoms with Gasteiger partial charge >= 0.3 is 0 Å². The Hall–Kier alpha value is -2.88. The monoisotopic (exact) mass is 373 g/mol. The number of aryl methyl sites for hydroxylation is 1. The van der Waals surface area contributed by atoms with Gasteiger partial charge in [-0.3, -0.25) is 9.78 Å². The van der Waals surface area contributed by atoms with Gasteiger partial charge in [-0.25, -0.2) is 0 Å². The second-order valence-corrected chi connectivity index (χ2v) is 7.96. The Morgan fingerprint density at radius 1 is 1.11 bits per heavy atom. The van der Waals surface area contributed by atoms with E-state index in [2.05, 4.69) is 53.9 Å². The Morgan fingerprint density at radius 3 is 2.57 bits per heavy atom. The summed E-state index contributed by atoms with van der Waals surface area (Å²) >= 11 is 0. The molecule has 0 unspecified atom stereocenters. The van der Waals surface area contributed by atoms with Crippen LogP contribution in [0, 0.1) is 12.8 Å². The van der Waals surface area contributed by atoms with E-state index in [0.717, 1.165) is 36.3 Å². The van der Waals surface area contributed by atoms with Gasteiger partial charge in [-0.1, -0.05) is 36.8 Å². The third kappa shape index (κ3) is 4.01. The minimum Gasteiger partial charge on any atom is -0.338 e. The van der Waals surface area contributed by atoms with Gasteiger partial charge in [0.05, 0.1) is 0 Å². The van der Waals surface area contributed by atoms with Crippen LogP contribution in [0.15, 0.2) is 61.1 Å². The molecule has 4 heteroatoms. The number of carbonyl (C=O) groups excluding carboxylic acids is 1. The van der Waals surface area contributed by atoms with Crippen molar-refractivity contribution < 1.29 is 4.79 Å². The van der Waals surface area contributed by atoms with E-state index in [-0.39, 0.29) is 5.91 Å². The number of benzene rings is 1. The molecule has 28 heavy (non-hydrogen) atoms. The van der Waals surface area contributed by atoms with E-state index in [9.17, 15) is 4.79 Å². The Bertz CT molecular complexity index is 944. The van der Waals surface area contributed by atoms with Crippen molar-refractivity contribution in [2.75, 3.05) is 13.1 Å². The lowest BCUT2D eigenvalue weighted by Crippen LogP contribution is -2.39. The van der Waals surface area contributed by atoms with E-state index >= 15 is 0 Å². The van der Waals surface area contributed by atoms with Gasteiger partial charge in [-0.2, -0.15) is 0 Å². The molecule has 1 aliphatic rings. The maximum absolute atomic E-state index is 13.3. The molecule has 0 spiro atoms. The van der Waals surface area contributed by atoms with Crippen LogP contribution in [0.2, 0.25) is 0 Å². The second-order valence-electron chi connectivity index (χ2n) is 7.96. The number of aromatic nitrogens is 2. The summed E-state index contributed by atoms with van der Waals surface area (Å²) in [4.78, 5) is 19.5. The highest BCUT2D eigenvalue weighted by atomic mass is 16.2. The first kappa shape index (κ1) is 18.5. The molecular weight excluding hydrogens is 346 g/mol. The first-order valence-electron chi connectivity index (χ1n) is 10.1. The maximum Gasteiger partial charge on any atom is 0.270 e. The van der Waals surface area contributed by atoms with E-state index in [0.29, 0.717) is 12.5 Å². The SMILES string of the molecule is Cc1ccc(Cn2cc(-c3ccncc3)cc2C(=O)N2CCC[C@H](C)C2)cc1. The number of hydrogen-bond donors (Lipinski definition) is 0. The van der Waals surface area contributed by atoms with Crippen LogP contribution in [0.5, 0.6) is 0 Å². The highest BCUT2D eigenvalue weighted by Gasteiger charge is 2.25. The number of carbonyl (C=O) groups is 1. The fourth-order valence-corrected chi connectivity index (χ4v) is 3.95. The molecule has 0 aliphatic carbocycles. The van der Waals surface area contributed by atoms with Crippen molar-refractivity contribution in [3.8, 4) is 11.1 Å². The Kier molecular flexibility index (Phi) is 5.29. The molecule has 3 aromatic rings. The molecule has 0 N–H and O–H groups in total. The zero-order valence-corrected chi connectivity index (χ0v) is 16.6. The molecule has 2 aromatic heterocycles. The third-order valence-electron chi connectivity index (χ3n) is 5.55. The lowest BCUT2D eigenvalue weighted by atomic mass is 10.00. The van der Waals surface area contributed by atoms with Crippen LogP contribution in [0.4, 0.5) is 0 Å². The summed E-state index contributed by atoms with van der Waals surface area (Å²) in [6, 6.07) is 14.5. The van der Waals surface area contributed by atoms with Crippen molar-refractivity contribution in [2.45, 2.75) is 33.2 Å². The zero-order chi connectivity index (χ0) is 19.5. The average Bonchev–Trinajstić information content (AvgIpc) is 3.13. The molecule has 1 saturated heterocycles. The molecule has 1 aromatic carbocycles. The molecule has 1 aliphatic heterocycles. The number of rotatable bonds is 4. The van der Waals surface area contributed by atoms with Crippen LogP contribution in [0.1, 0.15) is 41.4 Å². The maximum atomic E-state index is 13.3. The molecule has 1 amide bonds. The standard InChI is InChI=1S/C24H27N3O/c1-18-5-7-20(8-6-18)16-27-17-22(21-9-11-25-12-10-21)14-23(27)24(28)26-13-3-4-19(2)15-26/h5-12,14,17,19H,3-4,13,15-16H2,1-2H3/t19-/m0/s1. The molecule has 3 heterocycles. The van der Waals surface area contributed by atoms with Crippen LogP contribution >= 0.6 is 0 Å². The van der Waals surface area contributed by atoms with Crippen molar-refractivity contribution in [3.05, 3.63) is 77.9 Å². The number of amides is 1. The average molecular weight is 374 g/mol. The molecule has 4 rings (SSSR count). The summed E-state index contributed by atoms with van der Waals surface area (Å²) in [5.41, 5.74) is 5.35. The number of hydrogen-bond acceptors (Lipinski definition) is 2. The number of pyridine rings is 1. The van der Waals surface area contributed by atoms with Gasteiger partial charge in [0.2, 0.25) is 0 Å². The second kappa shape index (κ2) is 8.01. The Morgan fingerprint density at radius 2 is 1.86 bits per heavy atom. The first-order valence-corrected chi connectivity index (χ1v) is 10.1. The lowest BCUT2D eigenvalue weighted by molar-refractivity contribution is 0.0672. The number of nitrogens with zero attached hydrogens (tertiary/aromatic N) is 3. The molecule has 1 atom stereocenters. The quantitative estimate of drug-likeness (QED) is 0.660. The van der Waals surface area contributed by atoms with Gasteiger partial charge in [0, 0.05) is 43.8 Å². The lowest BCUT2D eigenvalue weighted by Gasteiger charge is -2.31. The van der Waals surface area contributed by atoms with Gasteiger partial charge in [0.1, 0.15) is 5.69 Å². The van der Waals surface area contributed by atoms with Gasteiger partial charge < -0.3 is 9.47 Å². The van der Waals surface area contributed by atoms with Crippen molar-refractivity contribution in [1.29, 1.82) is 0 Å². The Balaban J connectivity index is 1.69. The van der Waals surface area contributed by atoms with Crippen molar-refractivity contribution >= 4 is 5.91 Å². The molecule has 1 fully saturated rings. The fourth-order valence-electron chi connectivity index (χ4n) is 3.95. The van der Waals surface area contributed by atoms with Crippen LogP contribution in [0.3, 0.4) is 0 Å². The summed E-state index contributed by atoms with van der Waals surface area (Å²) in [7, 11) is 0. The predicted octanol–water partition coefficient (Wildman–Crippen LogP) is 4.78. The van der Waals surface area contributed by atoms with Gasteiger partial charge in [0.15, 0.2) is 0 Å². The Labute approximate surface area is 166 Å². The summed E-state index contributed by atoms with van der Waals surface area (Å²) in [5, 5.41) is 0. The minimum absolute atomic E-state index is 0.138. The van der Waals surface area contributed by atoms with Crippen molar-refractivity contribution in [1.82, 2.24) is 14.5 Å². The molecule has 4 nitrogen and oxygen atoms in total. The van der Waals surface area contributed by atoms with E-state index in [1.54, 1.807) is 12.4 Å². The topological polar surface area (TPSA) is 38.1 Å². The highest BCUT2D eigenvalue weighted by Crippen LogP contribution is 2.25. The van der Waals surface area contributed by atoms with Gasteiger partial charge in [-0.15, -0.1) is 0 Å². The summed E-state index contributed by atoms with van der Waals surface area (Å²) in [5.74, 6) is 0.705. The van der Waals surface area contributed by atoms with E-state index in [1.807, 2.05) is 23.1 Å². The summed E-state index contributed by atoms with van der Waals surface area (Å²) in [6.07, 6.45) is 7.97. The minimum atomic E-state index is 0.138. The molecule has 0 saturated carbocycles. The number of piperidine rings is 1.